The van der Waals surface area contributed by atoms with Gasteiger partial charge in [-0.3, -0.25) is 9.59 Å². The molecular formula is C18H24N2O3. The number of hydrogen-bond donors (Lipinski definition) is 3. The Balaban J connectivity index is 1.48. The van der Waals surface area contributed by atoms with Gasteiger partial charge < -0.3 is 15.7 Å². The van der Waals surface area contributed by atoms with E-state index in [-0.39, 0.29) is 30.4 Å². The molecule has 0 radical (unpaired) electrons. The molecule has 0 heterocycles. The van der Waals surface area contributed by atoms with Crippen LogP contribution in [0, 0.1) is 11.8 Å². The smallest absolute Gasteiger partial charge is 0.227 e. The number of anilines is 1. The number of carbonyl (C=O) groups excluding carboxylic acids is 2. The molecule has 2 amide bonds. The van der Waals surface area contributed by atoms with Crippen LogP contribution in [0.15, 0.2) is 24.3 Å². The summed E-state index contributed by atoms with van der Waals surface area (Å²) in [5, 5.41) is 15.0. The summed E-state index contributed by atoms with van der Waals surface area (Å²) in [5.74, 6) is 0.800. The van der Waals surface area contributed by atoms with Crippen molar-refractivity contribution < 1.29 is 14.7 Å². The van der Waals surface area contributed by atoms with Gasteiger partial charge in [0.1, 0.15) is 0 Å². The molecule has 0 aliphatic heterocycles. The number of aliphatic hydroxyl groups is 1. The lowest BCUT2D eigenvalue weighted by molar-refractivity contribution is -0.121. The SMILES string of the molecule is O=C(Cc1ccc(NC(=O)C2CC2)cc1)NC(CCO)C1CC1. The monoisotopic (exact) mass is 316 g/mol. The molecule has 0 bridgehead atoms. The summed E-state index contributed by atoms with van der Waals surface area (Å²) in [6.07, 6.45) is 5.20. The maximum atomic E-state index is 12.1. The molecule has 5 heteroatoms. The quantitative estimate of drug-likeness (QED) is 0.685. The zero-order chi connectivity index (χ0) is 16.2. The molecule has 2 aliphatic carbocycles. The summed E-state index contributed by atoms with van der Waals surface area (Å²) >= 11 is 0. The summed E-state index contributed by atoms with van der Waals surface area (Å²) < 4.78 is 0. The summed E-state index contributed by atoms with van der Waals surface area (Å²) in [7, 11) is 0. The minimum atomic E-state index is -0.00915. The molecule has 2 fully saturated rings. The van der Waals surface area contributed by atoms with Crippen molar-refractivity contribution in [2.24, 2.45) is 11.8 Å². The van der Waals surface area contributed by atoms with Crippen molar-refractivity contribution >= 4 is 17.5 Å². The van der Waals surface area contributed by atoms with Gasteiger partial charge in [0.05, 0.1) is 6.42 Å². The molecule has 3 rings (SSSR count). The van der Waals surface area contributed by atoms with Crippen LogP contribution in [0.4, 0.5) is 5.69 Å². The Morgan fingerprint density at radius 1 is 1.13 bits per heavy atom. The molecule has 124 valence electrons. The van der Waals surface area contributed by atoms with Crippen LogP contribution in [0.2, 0.25) is 0 Å². The number of amides is 2. The predicted octanol–water partition coefficient (Wildman–Crippen LogP) is 1.85. The molecule has 1 atom stereocenters. The molecule has 0 saturated heterocycles. The second-order valence-corrected chi connectivity index (χ2v) is 6.66. The highest BCUT2D eigenvalue weighted by atomic mass is 16.3. The fraction of sp³-hybridized carbons (Fsp3) is 0.556. The van der Waals surface area contributed by atoms with Gasteiger partial charge in [0.2, 0.25) is 11.8 Å². The Morgan fingerprint density at radius 3 is 2.39 bits per heavy atom. The Bertz CT molecular complexity index is 562. The predicted molar refractivity (Wildman–Crippen MR) is 87.9 cm³/mol. The lowest BCUT2D eigenvalue weighted by atomic mass is 10.1. The molecule has 0 aromatic heterocycles. The van der Waals surface area contributed by atoms with Crippen LogP contribution in [-0.4, -0.2) is 29.6 Å². The largest absolute Gasteiger partial charge is 0.396 e. The summed E-state index contributed by atoms with van der Waals surface area (Å²) in [6, 6.07) is 7.54. The second-order valence-electron chi connectivity index (χ2n) is 6.66. The van der Waals surface area contributed by atoms with Crippen molar-refractivity contribution in [2.75, 3.05) is 11.9 Å². The Hall–Kier alpha value is -1.88. The van der Waals surface area contributed by atoms with E-state index in [0.717, 1.165) is 36.9 Å². The zero-order valence-electron chi connectivity index (χ0n) is 13.3. The lowest BCUT2D eigenvalue weighted by Gasteiger charge is -2.17. The van der Waals surface area contributed by atoms with E-state index in [2.05, 4.69) is 10.6 Å². The molecule has 1 aromatic rings. The number of hydrogen-bond acceptors (Lipinski definition) is 3. The molecule has 1 unspecified atom stereocenters. The third kappa shape index (κ3) is 4.79. The van der Waals surface area contributed by atoms with E-state index < -0.39 is 0 Å². The van der Waals surface area contributed by atoms with Gasteiger partial charge in [0.25, 0.3) is 0 Å². The van der Waals surface area contributed by atoms with Crippen LogP contribution < -0.4 is 10.6 Å². The van der Waals surface area contributed by atoms with Crippen molar-refractivity contribution in [2.45, 2.75) is 44.6 Å². The molecule has 0 spiro atoms. The third-order valence-electron chi connectivity index (χ3n) is 4.51. The van der Waals surface area contributed by atoms with Gasteiger partial charge >= 0.3 is 0 Å². The molecule has 23 heavy (non-hydrogen) atoms. The van der Waals surface area contributed by atoms with E-state index in [9.17, 15) is 9.59 Å². The van der Waals surface area contributed by atoms with Gasteiger partial charge in [0.15, 0.2) is 0 Å². The Labute approximate surface area is 136 Å². The van der Waals surface area contributed by atoms with Gasteiger partial charge in [-0.05, 0) is 55.7 Å². The maximum absolute atomic E-state index is 12.1. The molecular weight excluding hydrogens is 292 g/mol. The van der Waals surface area contributed by atoms with Crippen molar-refractivity contribution in [1.29, 1.82) is 0 Å². The Kier molecular flexibility index (Phi) is 4.96. The highest BCUT2D eigenvalue weighted by Crippen LogP contribution is 2.34. The van der Waals surface area contributed by atoms with E-state index in [0.29, 0.717) is 18.8 Å². The number of nitrogens with one attached hydrogen (secondary N) is 2. The summed E-state index contributed by atoms with van der Waals surface area (Å²) in [4.78, 5) is 23.8. The highest BCUT2D eigenvalue weighted by Gasteiger charge is 2.31. The number of aliphatic hydroxyl groups excluding tert-OH is 1. The van der Waals surface area contributed by atoms with Crippen LogP contribution in [0.1, 0.15) is 37.7 Å². The van der Waals surface area contributed by atoms with Crippen LogP contribution in [0.25, 0.3) is 0 Å². The standard InChI is InChI=1S/C18H24N2O3/c21-10-9-16(13-3-4-13)20-17(22)11-12-1-7-15(8-2-12)19-18(23)14-5-6-14/h1-2,7-8,13-14,16,21H,3-6,9-11H2,(H,19,23)(H,20,22). The molecule has 2 aliphatic rings. The first-order valence-corrected chi connectivity index (χ1v) is 8.45. The van der Waals surface area contributed by atoms with Gasteiger partial charge in [-0.2, -0.15) is 0 Å². The van der Waals surface area contributed by atoms with Crippen molar-refractivity contribution in [1.82, 2.24) is 5.32 Å². The van der Waals surface area contributed by atoms with Gasteiger partial charge in [-0.1, -0.05) is 12.1 Å². The van der Waals surface area contributed by atoms with Gasteiger partial charge in [0, 0.05) is 24.3 Å². The van der Waals surface area contributed by atoms with Crippen molar-refractivity contribution in [3.8, 4) is 0 Å². The summed E-state index contributed by atoms with van der Waals surface area (Å²) in [6.45, 7) is 0.108. The average Bonchev–Trinajstić information content (AvgIpc) is 3.41. The van der Waals surface area contributed by atoms with E-state index in [1.807, 2.05) is 24.3 Å². The molecule has 2 saturated carbocycles. The Morgan fingerprint density at radius 2 is 1.83 bits per heavy atom. The van der Waals surface area contributed by atoms with E-state index >= 15 is 0 Å². The fourth-order valence-corrected chi connectivity index (χ4v) is 2.80. The molecule has 3 N–H and O–H groups in total. The number of benzene rings is 1. The minimum absolute atomic E-state index is 0.00915. The van der Waals surface area contributed by atoms with Crippen molar-refractivity contribution in [3.05, 3.63) is 29.8 Å². The fourth-order valence-electron chi connectivity index (χ4n) is 2.80. The lowest BCUT2D eigenvalue weighted by Crippen LogP contribution is -2.38. The zero-order valence-corrected chi connectivity index (χ0v) is 13.3. The second kappa shape index (κ2) is 7.13. The van der Waals surface area contributed by atoms with E-state index in [4.69, 9.17) is 5.11 Å². The van der Waals surface area contributed by atoms with Crippen LogP contribution >= 0.6 is 0 Å². The van der Waals surface area contributed by atoms with Gasteiger partial charge in [-0.15, -0.1) is 0 Å². The van der Waals surface area contributed by atoms with Crippen LogP contribution in [-0.2, 0) is 16.0 Å². The average molecular weight is 316 g/mol. The first kappa shape index (κ1) is 16.0. The molecule has 1 aromatic carbocycles. The van der Waals surface area contributed by atoms with Crippen LogP contribution in [0.3, 0.4) is 0 Å². The minimum Gasteiger partial charge on any atom is -0.396 e. The normalized spacial score (nSPS) is 18.3. The maximum Gasteiger partial charge on any atom is 0.227 e. The third-order valence-corrected chi connectivity index (χ3v) is 4.51. The van der Waals surface area contributed by atoms with E-state index in [1.54, 1.807) is 0 Å². The number of rotatable bonds is 8. The summed E-state index contributed by atoms with van der Waals surface area (Å²) in [5.41, 5.74) is 1.70. The first-order valence-electron chi connectivity index (χ1n) is 8.45. The first-order chi connectivity index (χ1) is 11.2. The van der Waals surface area contributed by atoms with Crippen molar-refractivity contribution in [3.63, 3.8) is 0 Å². The number of carbonyl (C=O) groups is 2. The van der Waals surface area contributed by atoms with E-state index in [1.165, 1.54) is 0 Å². The highest BCUT2D eigenvalue weighted by molar-refractivity contribution is 5.94. The van der Waals surface area contributed by atoms with Crippen LogP contribution in [0.5, 0.6) is 0 Å². The molecule has 5 nitrogen and oxygen atoms in total. The van der Waals surface area contributed by atoms with Gasteiger partial charge in [-0.25, -0.2) is 0 Å². The topological polar surface area (TPSA) is 78.4 Å².